The molecule has 0 amide bonds. The lowest BCUT2D eigenvalue weighted by Gasteiger charge is -1.99. The van der Waals surface area contributed by atoms with Crippen LogP contribution in [0.4, 0.5) is 0 Å². The minimum atomic E-state index is 0.821. The summed E-state index contributed by atoms with van der Waals surface area (Å²) in [5.74, 6) is 0. The molecular weight excluding hydrogens is 224 g/mol. The molecule has 18 heavy (non-hydrogen) atoms. The van der Waals surface area contributed by atoms with Crippen LogP contribution < -0.4 is 0 Å². The summed E-state index contributed by atoms with van der Waals surface area (Å²) in [7, 11) is 0. The van der Waals surface area contributed by atoms with Crippen LogP contribution in [0.1, 0.15) is 5.69 Å². The van der Waals surface area contributed by atoms with Crippen LogP contribution in [0.5, 0.6) is 0 Å². The highest BCUT2D eigenvalue weighted by molar-refractivity contribution is 6.01. The summed E-state index contributed by atoms with van der Waals surface area (Å²) >= 11 is 0. The van der Waals surface area contributed by atoms with E-state index in [2.05, 4.69) is 15.2 Å². The van der Waals surface area contributed by atoms with Crippen LogP contribution in [0.3, 0.4) is 0 Å². The predicted octanol–water partition coefficient (Wildman–Crippen LogP) is 2.74. The Kier molecular flexibility index (Phi) is 1.73. The number of fused-ring (bicyclic) bond motifs is 5. The quantitative estimate of drug-likeness (QED) is 0.470. The molecule has 4 heteroatoms. The van der Waals surface area contributed by atoms with Crippen molar-refractivity contribution in [3.63, 3.8) is 0 Å². The van der Waals surface area contributed by atoms with E-state index in [1.807, 2.05) is 53.8 Å². The molecule has 0 bridgehead atoms. The zero-order valence-electron chi connectivity index (χ0n) is 9.83. The Morgan fingerprint density at radius 3 is 2.78 bits per heavy atom. The number of rotatable bonds is 0. The van der Waals surface area contributed by atoms with Gasteiger partial charge in [0.15, 0.2) is 5.65 Å². The Labute approximate surface area is 103 Å². The maximum atomic E-state index is 4.66. The Balaban J connectivity index is 2.34. The molecule has 4 rings (SSSR count). The van der Waals surface area contributed by atoms with E-state index in [1.54, 1.807) is 0 Å². The number of pyridine rings is 1. The summed E-state index contributed by atoms with van der Waals surface area (Å²) in [6, 6.07) is 14.0. The summed E-state index contributed by atoms with van der Waals surface area (Å²) in [4.78, 5) is 4.66. The highest BCUT2D eigenvalue weighted by Gasteiger charge is 2.10. The molecule has 0 atom stereocenters. The van der Waals surface area contributed by atoms with Gasteiger partial charge in [0.2, 0.25) is 0 Å². The van der Waals surface area contributed by atoms with Crippen LogP contribution >= 0.6 is 0 Å². The van der Waals surface area contributed by atoms with Crippen LogP contribution in [0.25, 0.3) is 27.7 Å². The maximum absolute atomic E-state index is 4.66. The molecule has 0 aliphatic heterocycles. The number of aromatic nitrogens is 4. The Bertz CT molecular complexity index is 892. The van der Waals surface area contributed by atoms with Crippen molar-refractivity contribution in [1.82, 2.24) is 19.6 Å². The standard InChI is InChI=1S/C14H10N4/c1-9-5-4-8-12-15-13-10-6-2-3-7-11(10)16-17-14(13)18(9)12/h2-8H,1H3. The third-order valence-corrected chi connectivity index (χ3v) is 3.23. The average Bonchev–Trinajstić information content (AvgIpc) is 2.79. The van der Waals surface area contributed by atoms with E-state index in [1.165, 1.54) is 0 Å². The van der Waals surface area contributed by atoms with E-state index in [4.69, 9.17) is 0 Å². The first-order chi connectivity index (χ1) is 8.84. The monoisotopic (exact) mass is 234 g/mol. The van der Waals surface area contributed by atoms with E-state index in [9.17, 15) is 0 Å². The second kappa shape index (κ2) is 3.26. The molecule has 0 fully saturated rings. The van der Waals surface area contributed by atoms with E-state index >= 15 is 0 Å². The maximum Gasteiger partial charge on any atom is 0.187 e. The lowest BCUT2D eigenvalue weighted by Crippen LogP contribution is -1.93. The van der Waals surface area contributed by atoms with Crippen molar-refractivity contribution in [2.75, 3.05) is 0 Å². The summed E-state index contributed by atoms with van der Waals surface area (Å²) < 4.78 is 2.04. The van der Waals surface area contributed by atoms with Gasteiger partial charge in [-0.2, -0.15) is 0 Å². The zero-order valence-corrected chi connectivity index (χ0v) is 9.83. The second-order valence-electron chi connectivity index (χ2n) is 4.36. The second-order valence-corrected chi connectivity index (χ2v) is 4.36. The number of aryl methyl sites for hydroxylation is 1. The SMILES string of the molecule is Cc1cccc2nc3c4ccccc4nnc3n12. The van der Waals surface area contributed by atoms with E-state index in [-0.39, 0.29) is 0 Å². The minimum Gasteiger partial charge on any atom is -0.280 e. The summed E-state index contributed by atoms with van der Waals surface area (Å²) in [6.45, 7) is 2.05. The fourth-order valence-electron chi connectivity index (χ4n) is 2.37. The van der Waals surface area contributed by atoms with E-state index in [0.29, 0.717) is 0 Å². The molecule has 0 spiro atoms. The topological polar surface area (TPSA) is 43.1 Å². The zero-order chi connectivity index (χ0) is 12.1. The average molecular weight is 234 g/mol. The molecule has 4 aromatic rings. The predicted molar refractivity (Wildman–Crippen MR) is 70.5 cm³/mol. The molecule has 1 aromatic carbocycles. The largest absolute Gasteiger partial charge is 0.280 e. The molecule has 3 aromatic heterocycles. The first kappa shape index (κ1) is 9.53. The highest BCUT2D eigenvalue weighted by Crippen LogP contribution is 2.23. The summed E-state index contributed by atoms with van der Waals surface area (Å²) in [6.07, 6.45) is 0. The van der Waals surface area contributed by atoms with Gasteiger partial charge in [-0.25, -0.2) is 4.98 Å². The van der Waals surface area contributed by atoms with Crippen molar-refractivity contribution in [2.45, 2.75) is 6.92 Å². The molecule has 0 saturated carbocycles. The third kappa shape index (κ3) is 1.12. The first-order valence-corrected chi connectivity index (χ1v) is 5.84. The Hall–Kier alpha value is -2.49. The van der Waals surface area contributed by atoms with Gasteiger partial charge in [-0.15, -0.1) is 10.2 Å². The van der Waals surface area contributed by atoms with Gasteiger partial charge in [-0.05, 0) is 25.1 Å². The summed E-state index contributed by atoms with van der Waals surface area (Å²) in [5.41, 5.74) is 4.64. The number of imidazole rings is 1. The lowest BCUT2D eigenvalue weighted by atomic mass is 10.2. The molecule has 4 nitrogen and oxygen atoms in total. The number of benzene rings is 1. The minimum absolute atomic E-state index is 0.821. The third-order valence-electron chi connectivity index (χ3n) is 3.23. The molecule has 0 aliphatic rings. The van der Waals surface area contributed by atoms with Gasteiger partial charge in [0, 0.05) is 11.1 Å². The van der Waals surface area contributed by atoms with Gasteiger partial charge in [0.1, 0.15) is 11.2 Å². The van der Waals surface area contributed by atoms with Gasteiger partial charge < -0.3 is 0 Å². The van der Waals surface area contributed by atoms with Crippen molar-refractivity contribution >= 4 is 27.7 Å². The normalized spacial score (nSPS) is 11.6. The number of hydrogen-bond donors (Lipinski definition) is 0. The molecular formula is C14H10N4. The fraction of sp³-hybridized carbons (Fsp3) is 0.0714. The number of nitrogens with zero attached hydrogens (tertiary/aromatic N) is 4. The van der Waals surface area contributed by atoms with Crippen LogP contribution in [-0.4, -0.2) is 19.6 Å². The Morgan fingerprint density at radius 2 is 1.83 bits per heavy atom. The fourth-order valence-corrected chi connectivity index (χ4v) is 2.37. The smallest absolute Gasteiger partial charge is 0.187 e. The first-order valence-electron chi connectivity index (χ1n) is 5.84. The van der Waals surface area contributed by atoms with Crippen molar-refractivity contribution in [1.29, 1.82) is 0 Å². The Morgan fingerprint density at radius 1 is 0.944 bits per heavy atom. The van der Waals surface area contributed by atoms with E-state index in [0.717, 1.165) is 33.4 Å². The van der Waals surface area contributed by atoms with Gasteiger partial charge in [0.25, 0.3) is 0 Å². The van der Waals surface area contributed by atoms with Crippen LogP contribution in [0, 0.1) is 6.92 Å². The molecule has 3 heterocycles. The van der Waals surface area contributed by atoms with Crippen LogP contribution in [0.2, 0.25) is 0 Å². The molecule has 0 unspecified atom stereocenters. The molecule has 0 aliphatic carbocycles. The van der Waals surface area contributed by atoms with Gasteiger partial charge in [0.05, 0.1) is 5.52 Å². The van der Waals surface area contributed by atoms with Crippen molar-refractivity contribution in [3.8, 4) is 0 Å². The molecule has 0 saturated heterocycles. The van der Waals surface area contributed by atoms with Crippen molar-refractivity contribution < 1.29 is 0 Å². The van der Waals surface area contributed by atoms with Crippen LogP contribution in [-0.2, 0) is 0 Å². The van der Waals surface area contributed by atoms with Crippen molar-refractivity contribution in [2.24, 2.45) is 0 Å². The van der Waals surface area contributed by atoms with Gasteiger partial charge in [-0.1, -0.05) is 24.3 Å². The van der Waals surface area contributed by atoms with E-state index < -0.39 is 0 Å². The highest BCUT2D eigenvalue weighted by atomic mass is 15.2. The van der Waals surface area contributed by atoms with Crippen molar-refractivity contribution in [3.05, 3.63) is 48.2 Å². The molecule has 0 radical (unpaired) electrons. The number of hydrogen-bond acceptors (Lipinski definition) is 3. The van der Waals surface area contributed by atoms with Gasteiger partial charge in [-0.3, -0.25) is 4.40 Å². The summed E-state index contributed by atoms with van der Waals surface area (Å²) in [5, 5.41) is 9.62. The van der Waals surface area contributed by atoms with Crippen LogP contribution in [0.15, 0.2) is 42.5 Å². The molecule has 86 valence electrons. The lowest BCUT2D eigenvalue weighted by molar-refractivity contribution is 1.04. The molecule has 0 N–H and O–H groups in total. The van der Waals surface area contributed by atoms with Gasteiger partial charge >= 0.3 is 0 Å².